The molecule has 1 fully saturated rings. The Balaban J connectivity index is 1.78. The van der Waals surface area contributed by atoms with Crippen LogP contribution in [0, 0.1) is 0 Å². The van der Waals surface area contributed by atoms with Crippen molar-refractivity contribution in [1.29, 1.82) is 0 Å². The summed E-state index contributed by atoms with van der Waals surface area (Å²) >= 11 is 0. The van der Waals surface area contributed by atoms with Gasteiger partial charge in [-0.05, 0) is 30.5 Å². The molecule has 5 nitrogen and oxygen atoms in total. The lowest BCUT2D eigenvalue weighted by Crippen LogP contribution is -2.52. The van der Waals surface area contributed by atoms with Crippen molar-refractivity contribution in [3.8, 4) is 0 Å². The highest BCUT2D eigenvalue weighted by molar-refractivity contribution is 5.87. The number of benzene rings is 1. The molecule has 0 aliphatic carbocycles. The normalized spacial score (nSPS) is 24.7. The number of fused-ring (bicyclic) bond motifs is 1. The van der Waals surface area contributed by atoms with Crippen molar-refractivity contribution in [1.82, 2.24) is 10.2 Å². The maximum absolute atomic E-state index is 12.6. The van der Waals surface area contributed by atoms with Crippen molar-refractivity contribution in [2.24, 2.45) is 5.73 Å². The number of carbonyl (C=O) groups excluding carboxylic acids is 2. The third-order valence-corrected chi connectivity index (χ3v) is 4.48. The summed E-state index contributed by atoms with van der Waals surface area (Å²) in [5.41, 5.74) is 7.74. The SMILES string of the molecule is NC(=O)[C@@H]1Cc2ccccc2CN1C(=O)CC1CCCN1. The van der Waals surface area contributed by atoms with E-state index in [9.17, 15) is 9.59 Å². The number of hydrogen-bond acceptors (Lipinski definition) is 3. The van der Waals surface area contributed by atoms with Gasteiger partial charge >= 0.3 is 0 Å². The molecule has 2 heterocycles. The van der Waals surface area contributed by atoms with Gasteiger partial charge in [0.25, 0.3) is 0 Å². The molecular weight excluding hydrogens is 266 g/mol. The van der Waals surface area contributed by atoms with Crippen molar-refractivity contribution in [2.75, 3.05) is 6.54 Å². The number of carbonyl (C=O) groups is 2. The van der Waals surface area contributed by atoms with Crippen LogP contribution in [0.1, 0.15) is 30.4 Å². The zero-order valence-corrected chi connectivity index (χ0v) is 12.0. The van der Waals surface area contributed by atoms with Crippen LogP contribution in [0.3, 0.4) is 0 Å². The van der Waals surface area contributed by atoms with Crippen molar-refractivity contribution < 1.29 is 9.59 Å². The summed E-state index contributed by atoms with van der Waals surface area (Å²) in [4.78, 5) is 25.9. The van der Waals surface area contributed by atoms with Gasteiger partial charge in [0.2, 0.25) is 11.8 Å². The van der Waals surface area contributed by atoms with Crippen LogP contribution in [0.2, 0.25) is 0 Å². The smallest absolute Gasteiger partial charge is 0.240 e. The average Bonchev–Trinajstić information content (AvgIpc) is 2.98. The molecule has 1 aromatic carbocycles. The number of hydrogen-bond donors (Lipinski definition) is 2. The number of primary amides is 1. The molecule has 3 rings (SSSR count). The topological polar surface area (TPSA) is 75.4 Å². The van der Waals surface area contributed by atoms with Gasteiger partial charge in [0.05, 0.1) is 0 Å². The summed E-state index contributed by atoms with van der Waals surface area (Å²) in [6.45, 7) is 1.45. The fourth-order valence-corrected chi connectivity index (χ4v) is 3.30. The van der Waals surface area contributed by atoms with Crippen LogP contribution in [-0.4, -0.2) is 35.3 Å². The van der Waals surface area contributed by atoms with Gasteiger partial charge in [-0.2, -0.15) is 0 Å². The van der Waals surface area contributed by atoms with E-state index in [0.717, 1.165) is 30.5 Å². The minimum atomic E-state index is -0.520. The van der Waals surface area contributed by atoms with Crippen LogP contribution in [0.25, 0.3) is 0 Å². The summed E-state index contributed by atoms with van der Waals surface area (Å²) in [5, 5.41) is 3.33. The fraction of sp³-hybridized carbons (Fsp3) is 0.500. The monoisotopic (exact) mass is 287 g/mol. The summed E-state index contributed by atoms with van der Waals surface area (Å²) in [5.74, 6) is -0.398. The number of nitrogens with zero attached hydrogens (tertiary/aromatic N) is 1. The molecule has 0 saturated carbocycles. The summed E-state index contributed by atoms with van der Waals surface area (Å²) in [7, 11) is 0. The Labute approximate surface area is 124 Å². The molecule has 1 saturated heterocycles. The third-order valence-electron chi connectivity index (χ3n) is 4.48. The van der Waals surface area contributed by atoms with E-state index >= 15 is 0 Å². The lowest BCUT2D eigenvalue weighted by atomic mass is 9.93. The Hall–Kier alpha value is -1.88. The fourth-order valence-electron chi connectivity index (χ4n) is 3.30. The van der Waals surface area contributed by atoms with Gasteiger partial charge < -0.3 is 16.0 Å². The van der Waals surface area contributed by atoms with E-state index in [1.54, 1.807) is 4.90 Å². The zero-order chi connectivity index (χ0) is 14.8. The van der Waals surface area contributed by atoms with E-state index in [1.807, 2.05) is 24.3 Å². The van der Waals surface area contributed by atoms with Crippen molar-refractivity contribution in [3.05, 3.63) is 35.4 Å². The van der Waals surface area contributed by atoms with Crippen LogP contribution in [0.5, 0.6) is 0 Å². The highest BCUT2D eigenvalue weighted by Gasteiger charge is 2.34. The maximum Gasteiger partial charge on any atom is 0.240 e. The first-order valence-corrected chi connectivity index (χ1v) is 7.54. The molecule has 2 aliphatic heterocycles. The Morgan fingerprint density at radius 2 is 2.05 bits per heavy atom. The first kappa shape index (κ1) is 14.1. The van der Waals surface area contributed by atoms with Gasteiger partial charge in [-0.1, -0.05) is 24.3 Å². The van der Waals surface area contributed by atoms with E-state index in [1.165, 1.54) is 0 Å². The summed E-state index contributed by atoms with van der Waals surface area (Å²) in [6, 6.07) is 7.66. The quantitative estimate of drug-likeness (QED) is 0.853. The molecule has 1 aromatic rings. The van der Waals surface area contributed by atoms with Crippen LogP contribution in [0.15, 0.2) is 24.3 Å². The second-order valence-corrected chi connectivity index (χ2v) is 5.91. The Bertz CT molecular complexity index is 552. The minimum absolute atomic E-state index is 0.0210. The van der Waals surface area contributed by atoms with E-state index in [0.29, 0.717) is 19.4 Å². The van der Waals surface area contributed by atoms with E-state index in [4.69, 9.17) is 5.73 Å². The lowest BCUT2D eigenvalue weighted by molar-refractivity contribution is -0.141. The largest absolute Gasteiger partial charge is 0.368 e. The van der Waals surface area contributed by atoms with Crippen LogP contribution >= 0.6 is 0 Å². The lowest BCUT2D eigenvalue weighted by Gasteiger charge is -2.35. The Kier molecular flexibility index (Phi) is 3.92. The van der Waals surface area contributed by atoms with Gasteiger partial charge in [0.1, 0.15) is 6.04 Å². The molecule has 0 radical (unpaired) electrons. The number of nitrogens with one attached hydrogen (secondary N) is 1. The highest BCUT2D eigenvalue weighted by atomic mass is 16.2. The van der Waals surface area contributed by atoms with Crippen LogP contribution in [0.4, 0.5) is 0 Å². The predicted molar refractivity (Wildman–Crippen MR) is 79.3 cm³/mol. The molecule has 0 bridgehead atoms. The molecule has 2 atom stereocenters. The first-order chi connectivity index (χ1) is 10.1. The first-order valence-electron chi connectivity index (χ1n) is 7.54. The standard InChI is InChI=1S/C16H21N3O2/c17-16(21)14-8-11-4-1-2-5-12(11)10-19(14)15(20)9-13-6-3-7-18-13/h1-2,4-5,13-14,18H,3,6-10H2,(H2,17,21)/t13?,14-/m0/s1. The van der Waals surface area contributed by atoms with E-state index in [-0.39, 0.29) is 11.9 Å². The highest BCUT2D eigenvalue weighted by Crippen LogP contribution is 2.24. The second-order valence-electron chi connectivity index (χ2n) is 5.91. The minimum Gasteiger partial charge on any atom is -0.368 e. The molecule has 3 N–H and O–H groups in total. The summed E-state index contributed by atoms with van der Waals surface area (Å²) in [6.07, 6.45) is 3.11. The molecule has 21 heavy (non-hydrogen) atoms. The summed E-state index contributed by atoms with van der Waals surface area (Å²) < 4.78 is 0. The molecule has 2 aliphatic rings. The molecule has 0 aromatic heterocycles. The molecule has 5 heteroatoms. The predicted octanol–water partition coefficient (Wildman–Crippen LogP) is 0.567. The molecule has 112 valence electrons. The maximum atomic E-state index is 12.6. The van der Waals surface area contributed by atoms with Gasteiger partial charge in [-0.3, -0.25) is 9.59 Å². The zero-order valence-electron chi connectivity index (χ0n) is 12.0. The van der Waals surface area contributed by atoms with Crippen molar-refractivity contribution >= 4 is 11.8 Å². The molecule has 2 amide bonds. The van der Waals surface area contributed by atoms with Crippen molar-refractivity contribution in [2.45, 2.75) is 44.3 Å². The van der Waals surface area contributed by atoms with E-state index < -0.39 is 11.9 Å². The van der Waals surface area contributed by atoms with E-state index in [2.05, 4.69) is 5.32 Å². The molecular formula is C16H21N3O2. The van der Waals surface area contributed by atoms with Gasteiger partial charge in [-0.15, -0.1) is 0 Å². The van der Waals surface area contributed by atoms with Gasteiger partial charge in [-0.25, -0.2) is 0 Å². The number of amides is 2. The molecule has 1 unspecified atom stereocenters. The van der Waals surface area contributed by atoms with Gasteiger partial charge in [0, 0.05) is 25.4 Å². The number of rotatable bonds is 3. The Morgan fingerprint density at radius 3 is 2.71 bits per heavy atom. The average molecular weight is 287 g/mol. The second kappa shape index (κ2) is 5.85. The number of nitrogens with two attached hydrogens (primary N) is 1. The molecule has 0 spiro atoms. The van der Waals surface area contributed by atoms with Gasteiger partial charge in [0.15, 0.2) is 0 Å². The Morgan fingerprint density at radius 1 is 1.29 bits per heavy atom. The van der Waals surface area contributed by atoms with Crippen LogP contribution < -0.4 is 11.1 Å². The van der Waals surface area contributed by atoms with Crippen molar-refractivity contribution in [3.63, 3.8) is 0 Å². The van der Waals surface area contributed by atoms with Crippen LogP contribution in [-0.2, 0) is 22.6 Å². The third kappa shape index (κ3) is 2.93.